The van der Waals surface area contributed by atoms with Gasteiger partial charge in [-0.25, -0.2) is 13.2 Å². The lowest BCUT2D eigenvalue weighted by molar-refractivity contribution is 0.144. The number of urea groups is 1. The second-order valence-electron chi connectivity index (χ2n) is 6.45. The fraction of sp³-hybridized carbons (Fsp3) is 0.667. The third-order valence-corrected chi connectivity index (χ3v) is 6.85. The molecule has 8 heteroatoms. The maximum Gasteiger partial charge on any atom is 0.318 e. The van der Waals surface area contributed by atoms with Crippen molar-refractivity contribution in [3.8, 4) is 0 Å². The van der Waals surface area contributed by atoms with Crippen LogP contribution < -0.4 is 5.32 Å². The van der Waals surface area contributed by atoms with Gasteiger partial charge in [-0.05, 0) is 37.1 Å². The Hall–Kier alpha value is -1.12. The summed E-state index contributed by atoms with van der Waals surface area (Å²) in [5.41, 5.74) is 0. The SMILES string of the molecule is C[C@H]1CN(C(=O)NC(c2cccs2)C2CC2)CCN1S(C)(=O)=O. The third-order valence-electron chi connectivity index (χ3n) is 4.50. The van der Waals surface area contributed by atoms with E-state index in [4.69, 9.17) is 0 Å². The molecule has 23 heavy (non-hydrogen) atoms. The molecule has 0 spiro atoms. The summed E-state index contributed by atoms with van der Waals surface area (Å²) in [5.74, 6) is 0.535. The molecule has 2 fully saturated rings. The number of piperazine rings is 1. The summed E-state index contributed by atoms with van der Waals surface area (Å²) in [5, 5.41) is 5.19. The van der Waals surface area contributed by atoms with Crippen LogP contribution in [0.25, 0.3) is 0 Å². The summed E-state index contributed by atoms with van der Waals surface area (Å²) in [4.78, 5) is 15.5. The fourth-order valence-electron chi connectivity index (χ4n) is 3.16. The number of sulfonamides is 1. The van der Waals surface area contributed by atoms with Crippen molar-refractivity contribution in [1.82, 2.24) is 14.5 Å². The average molecular weight is 358 g/mol. The van der Waals surface area contributed by atoms with E-state index in [0.29, 0.717) is 25.6 Å². The van der Waals surface area contributed by atoms with E-state index < -0.39 is 10.0 Å². The molecule has 2 amide bonds. The Kier molecular flexibility index (Phi) is 4.66. The van der Waals surface area contributed by atoms with Gasteiger partial charge in [0.05, 0.1) is 12.3 Å². The molecule has 0 bridgehead atoms. The van der Waals surface area contributed by atoms with Crippen molar-refractivity contribution in [2.75, 3.05) is 25.9 Å². The number of thiophene rings is 1. The molecule has 2 atom stereocenters. The van der Waals surface area contributed by atoms with Gasteiger partial charge in [-0.2, -0.15) is 4.31 Å². The third kappa shape index (κ3) is 3.87. The van der Waals surface area contributed by atoms with Gasteiger partial charge >= 0.3 is 6.03 Å². The van der Waals surface area contributed by atoms with Gasteiger partial charge in [0.25, 0.3) is 0 Å². The van der Waals surface area contributed by atoms with Crippen LogP contribution in [-0.4, -0.2) is 55.6 Å². The molecule has 1 N–H and O–H groups in total. The van der Waals surface area contributed by atoms with Gasteiger partial charge in [0, 0.05) is 30.6 Å². The van der Waals surface area contributed by atoms with Crippen LogP contribution in [0.1, 0.15) is 30.7 Å². The highest BCUT2D eigenvalue weighted by atomic mass is 32.2. The molecule has 6 nitrogen and oxygen atoms in total. The molecule has 1 aromatic heterocycles. The van der Waals surface area contributed by atoms with Crippen molar-refractivity contribution >= 4 is 27.4 Å². The first-order chi connectivity index (χ1) is 10.9. The van der Waals surface area contributed by atoms with Gasteiger partial charge in [-0.15, -0.1) is 11.3 Å². The number of nitrogens with zero attached hydrogens (tertiary/aromatic N) is 2. The van der Waals surface area contributed by atoms with Crippen LogP contribution in [0, 0.1) is 5.92 Å². The summed E-state index contributed by atoms with van der Waals surface area (Å²) in [6.45, 7) is 3.07. The molecule has 2 heterocycles. The minimum atomic E-state index is -3.21. The maximum absolute atomic E-state index is 12.6. The lowest BCUT2D eigenvalue weighted by Crippen LogP contribution is -2.57. The fourth-order valence-corrected chi connectivity index (χ4v) is 5.16. The van der Waals surface area contributed by atoms with Gasteiger partial charge in [0.2, 0.25) is 10.0 Å². The molecular weight excluding hydrogens is 334 g/mol. The number of nitrogens with one attached hydrogen (secondary N) is 1. The molecular formula is C15H23N3O3S2. The van der Waals surface area contributed by atoms with Crippen LogP contribution in [0.15, 0.2) is 17.5 Å². The zero-order valence-electron chi connectivity index (χ0n) is 13.4. The van der Waals surface area contributed by atoms with E-state index in [0.717, 1.165) is 12.8 Å². The molecule has 1 aliphatic heterocycles. The Morgan fingerprint density at radius 2 is 2.13 bits per heavy atom. The standard InChI is InChI=1S/C15H23N3O3S2/c1-11-10-17(7-8-18(11)23(2,20)21)15(19)16-14(12-5-6-12)13-4-3-9-22-13/h3-4,9,11-12,14H,5-8,10H2,1-2H3,(H,16,19)/t11-,14?/m0/s1. The van der Waals surface area contributed by atoms with Crippen LogP contribution in [-0.2, 0) is 10.0 Å². The first-order valence-electron chi connectivity index (χ1n) is 7.92. The van der Waals surface area contributed by atoms with Crippen molar-refractivity contribution in [3.05, 3.63) is 22.4 Å². The van der Waals surface area contributed by atoms with E-state index >= 15 is 0 Å². The molecule has 1 aliphatic carbocycles. The van der Waals surface area contributed by atoms with Crippen LogP contribution >= 0.6 is 11.3 Å². The van der Waals surface area contributed by atoms with Crippen molar-refractivity contribution in [3.63, 3.8) is 0 Å². The Morgan fingerprint density at radius 3 is 2.65 bits per heavy atom. The maximum atomic E-state index is 12.6. The van der Waals surface area contributed by atoms with Crippen LogP contribution in [0.3, 0.4) is 0 Å². The Labute approximate surface area is 141 Å². The van der Waals surface area contributed by atoms with Gasteiger partial charge in [-0.3, -0.25) is 0 Å². The quantitative estimate of drug-likeness (QED) is 0.894. The van der Waals surface area contributed by atoms with Crippen LogP contribution in [0.2, 0.25) is 0 Å². The minimum absolute atomic E-state index is 0.0877. The smallest absolute Gasteiger partial charge is 0.318 e. The van der Waals surface area contributed by atoms with Crippen LogP contribution in [0.5, 0.6) is 0 Å². The largest absolute Gasteiger partial charge is 0.330 e. The highest BCUT2D eigenvalue weighted by Gasteiger charge is 2.37. The molecule has 3 rings (SSSR count). The summed E-state index contributed by atoms with van der Waals surface area (Å²) < 4.78 is 24.9. The molecule has 0 aromatic carbocycles. The summed E-state index contributed by atoms with van der Waals surface area (Å²) in [7, 11) is -3.21. The zero-order chi connectivity index (χ0) is 16.6. The van der Waals surface area contributed by atoms with E-state index in [1.54, 1.807) is 16.2 Å². The van der Waals surface area contributed by atoms with Gasteiger partial charge in [0.15, 0.2) is 0 Å². The predicted octanol–water partition coefficient (Wildman–Crippen LogP) is 1.87. The number of rotatable bonds is 4. The van der Waals surface area contributed by atoms with Crippen molar-refractivity contribution in [2.45, 2.75) is 31.8 Å². The highest BCUT2D eigenvalue weighted by molar-refractivity contribution is 7.88. The number of carbonyl (C=O) groups is 1. The second kappa shape index (κ2) is 6.41. The van der Waals surface area contributed by atoms with Gasteiger partial charge < -0.3 is 10.2 Å². The first kappa shape index (κ1) is 16.7. The molecule has 1 aromatic rings. The Morgan fingerprint density at radius 1 is 1.39 bits per heavy atom. The molecule has 2 aliphatic rings. The topological polar surface area (TPSA) is 69.7 Å². The van der Waals surface area contributed by atoms with Crippen molar-refractivity contribution in [2.24, 2.45) is 5.92 Å². The van der Waals surface area contributed by atoms with Crippen LogP contribution in [0.4, 0.5) is 4.79 Å². The predicted molar refractivity (Wildman–Crippen MR) is 90.9 cm³/mol. The Balaban J connectivity index is 1.63. The minimum Gasteiger partial charge on any atom is -0.330 e. The highest BCUT2D eigenvalue weighted by Crippen LogP contribution is 2.42. The number of carbonyl (C=O) groups excluding carboxylic acids is 1. The van der Waals surface area contributed by atoms with E-state index in [1.807, 2.05) is 18.4 Å². The number of hydrogen-bond acceptors (Lipinski definition) is 4. The Bertz CT molecular complexity index is 656. The number of hydrogen-bond donors (Lipinski definition) is 1. The van der Waals surface area contributed by atoms with Crippen molar-refractivity contribution < 1.29 is 13.2 Å². The molecule has 1 unspecified atom stereocenters. The normalized spacial score (nSPS) is 24.4. The zero-order valence-corrected chi connectivity index (χ0v) is 15.1. The van der Waals surface area contributed by atoms with E-state index in [1.165, 1.54) is 15.4 Å². The number of amides is 2. The molecule has 1 saturated carbocycles. The lowest BCUT2D eigenvalue weighted by Gasteiger charge is -2.38. The van der Waals surface area contributed by atoms with E-state index in [2.05, 4.69) is 11.4 Å². The average Bonchev–Trinajstić information content (AvgIpc) is 3.17. The van der Waals surface area contributed by atoms with E-state index in [-0.39, 0.29) is 18.1 Å². The van der Waals surface area contributed by atoms with Crippen molar-refractivity contribution in [1.29, 1.82) is 0 Å². The summed E-state index contributed by atoms with van der Waals surface area (Å²) in [6.07, 6.45) is 3.53. The van der Waals surface area contributed by atoms with Gasteiger partial charge in [0.1, 0.15) is 0 Å². The van der Waals surface area contributed by atoms with E-state index in [9.17, 15) is 13.2 Å². The summed E-state index contributed by atoms with van der Waals surface area (Å²) >= 11 is 1.67. The first-order valence-corrected chi connectivity index (χ1v) is 10.6. The monoisotopic (exact) mass is 357 g/mol. The second-order valence-corrected chi connectivity index (χ2v) is 9.36. The molecule has 128 valence electrons. The summed E-state index contributed by atoms with van der Waals surface area (Å²) in [6, 6.07) is 3.89. The molecule has 1 saturated heterocycles. The lowest BCUT2D eigenvalue weighted by atomic mass is 10.1. The van der Waals surface area contributed by atoms with Gasteiger partial charge in [-0.1, -0.05) is 6.07 Å². The molecule has 0 radical (unpaired) electrons.